The quantitative estimate of drug-likeness (QED) is 0.774. The third-order valence-electron chi connectivity index (χ3n) is 1.60. The Morgan fingerprint density at radius 1 is 1.46 bits per heavy atom. The normalized spacial score (nSPS) is 10.8. The molecule has 0 saturated carbocycles. The van der Waals surface area contributed by atoms with E-state index in [1.807, 2.05) is 0 Å². The summed E-state index contributed by atoms with van der Waals surface area (Å²) in [6.07, 6.45) is -2.61. The molecule has 0 aromatic heterocycles. The molecule has 1 aromatic carbocycles. The first-order chi connectivity index (χ1) is 6.16. The summed E-state index contributed by atoms with van der Waals surface area (Å²) in [5.74, 6) is 4.79. The third kappa shape index (κ3) is 2.37. The Morgan fingerprint density at radius 2 is 2.15 bits per heavy atom. The molecule has 0 atom stereocenters. The van der Waals surface area contributed by atoms with Crippen LogP contribution in [0.25, 0.3) is 0 Å². The van der Waals surface area contributed by atoms with Crippen LogP contribution in [-0.4, -0.2) is 0 Å². The lowest BCUT2D eigenvalue weighted by atomic mass is 10.1. The zero-order valence-electron chi connectivity index (χ0n) is 6.64. The number of rotatable bonds is 3. The van der Waals surface area contributed by atoms with E-state index in [1.165, 1.54) is 12.1 Å². The van der Waals surface area contributed by atoms with Gasteiger partial charge in [0, 0.05) is 10.6 Å². The van der Waals surface area contributed by atoms with Crippen LogP contribution in [0, 0.1) is 0 Å². The van der Waals surface area contributed by atoms with Crippen LogP contribution < -0.4 is 5.90 Å². The molecule has 1 rings (SSSR count). The summed E-state index contributed by atoms with van der Waals surface area (Å²) in [6, 6.07) is 4.48. The van der Waals surface area contributed by atoms with Crippen LogP contribution in [0.4, 0.5) is 8.78 Å². The highest BCUT2D eigenvalue weighted by atomic mass is 35.5. The monoisotopic (exact) mass is 207 g/mol. The minimum absolute atomic E-state index is 0.0320. The van der Waals surface area contributed by atoms with Crippen molar-refractivity contribution in [2.75, 3.05) is 0 Å². The van der Waals surface area contributed by atoms with Gasteiger partial charge in [0.05, 0.1) is 6.61 Å². The SMILES string of the molecule is NOCc1cccc(Cl)c1C(F)F. The standard InChI is InChI=1S/C8H8ClF2NO/c9-6-3-1-2-5(4-13-12)7(6)8(10)11/h1-3,8H,4,12H2. The number of benzene rings is 1. The highest BCUT2D eigenvalue weighted by molar-refractivity contribution is 6.31. The maximum Gasteiger partial charge on any atom is 0.265 e. The van der Waals surface area contributed by atoms with E-state index in [0.717, 1.165) is 0 Å². The second-order valence-corrected chi connectivity index (χ2v) is 2.83. The number of hydrogen-bond acceptors (Lipinski definition) is 2. The molecule has 2 nitrogen and oxygen atoms in total. The Balaban J connectivity index is 3.10. The molecule has 0 amide bonds. The summed E-state index contributed by atoms with van der Waals surface area (Å²) in [7, 11) is 0. The Labute approximate surface area is 79.2 Å². The lowest BCUT2D eigenvalue weighted by Crippen LogP contribution is -2.03. The molecule has 0 aliphatic rings. The van der Waals surface area contributed by atoms with Crippen LogP contribution in [0.1, 0.15) is 17.6 Å². The van der Waals surface area contributed by atoms with Gasteiger partial charge in [-0.05, 0) is 11.6 Å². The molecule has 0 heterocycles. The summed E-state index contributed by atoms with van der Waals surface area (Å²) in [4.78, 5) is 4.28. The zero-order valence-corrected chi connectivity index (χ0v) is 7.39. The van der Waals surface area contributed by atoms with Crippen LogP contribution in [0.3, 0.4) is 0 Å². The molecule has 0 aliphatic carbocycles. The highest BCUT2D eigenvalue weighted by Gasteiger charge is 2.16. The minimum atomic E-state index is -2.61. The van der Waals surface area contributed by atoms with Gasteiger partial charge in [0.15, 0.2) is 0 Å². The lowest BCUT2D eigenvalue weighted by molar-refractivity contribution is 0.114. The van der Waals surface area contributed by atoms with Crippen molar-refractivity contribution in [1.29, 1.82) is 0 Å². The third-order valence-corrected chi connectivity index (χ3v) is 1.93. The summed E-state index contributed by atoms with van der Waals surface area (Å²) < 4.78 is 24.9. The van der Waals surface area contributed by atoms with Crippen LogP contribution in [0.5, 0.6) is 0 Å². The first kappa shape index (κ1) is 10.4. The molecule has 0 radical (unpaired) electrons. The zero-order chi connectivity index (χ0) is 9.84. The van der Waals surface area contributed by atoms with E-state index in [4.69, 9.17) is 17.5 Å². The van der Waals surface area contributed by atoms with Gasteiger partial charge in [-0.3, -0.25) is 4.84 Å². The molecule has 72 valence electrons. The molecule has 13 heavy (non-hydrogen) atoms. The van der Waals surface area contributed by atoms with Gasteiger partial charge in [-0.15, -0.1) is 0 Å². The van der Waals surface area contributed by atoms with Gasteiger partial charge in [0.2, 0.25) is 0 Å². The van der Waals surface area contributed by atoms with E-state index in [0.29, 0.717) is 5.56 Å². The van der Waals surface area contributed by atoms with E-state index in [2.05, 4.69) is 4.84 Å². The predicted molar refractivity (Wildman–Crippen MR) is 45.4 cm³/mol. The number of nitrogens with two attached hydrogens (primary N) is 1. The van der Waals surface area contributed by atoms with Gasteiger partial charge < -0.3 is 0 Å². The Bertz CT molecular complexity index is 293. The molecule has 0 aliphatic heterocycles. The van der Waals surface area contributed by atoms with Gasteiger partial charge in [-0.2, -0.15) is 0 Å². The van der Waals surface area contributed by atoms with E-state index in [-0.39, 0.29) is 17.2 Å². The van der Waals surface area contributed by atoms with Crippen LogP contribution >= 0.6 is 11.6 Å². The maximum absolute atomic E-state index is 12.4. The molecular formula is C8H8ClF2NO. The highest BCUT2D eigenvalue weighted by Crippen LogP contribution is 2.30. The fourth-order valence-electron chi connectivity index (χ4n) is 1.04. The smallest absolute Gasteiger partial charge is 0.265 e. The molecule has 0 saturated heterocycles. The summed E-state index contributed by atoms with van der Waals surface area (Å²) >= 11 is 5.58. The first-order valence-corrected chi connectivity index (χ1v) is 3.91. The van der Waals surface area contributed by atoms with Gasteiger partial charge >= 0.3 is 0 Å². The van der Waals surface area contributed by atoms with Gasteiger partial charge in [-0.1, -0.05) is 23.7 Å². The van der Waals surface area contributed by atoms with Gasteiger partial charge in [0.1, 0.15) is 0 Å². The van der Waals surface area contributed by atoms with Crippen molar-refractivity contribution in [2.24, 2.45) is 5.90 Å². The lowest BCUT2D eigenvalue weighted by Gasteiger charge is -2.08. The van der Waals surface area contributed by atoms with Gasteiger partial charge in [0.25, 0.3) is 6.43 Å². The van der Waals surface area contributed by atoms with Crippen molar-refractivity contribution in [3.63, 3.8) is 0 Å². The topological polar surface area (TPSA) is 35.2 Å². The number of hydrogen-bond donors (Lipinski definition) is 1. The van der Waals surface area contributed by atoms with E-state index in [9.17, 15) is 8.78 Å². The van der Waals surface area contributed by atoms with Crippen LogP contribution in [0.15, 0.2) is 18.2 Å². The van der Waals surface area contributed by atoms with Crippen molar-refractivity contribution in [2.45, 2.75) is 13.0 Å². The Kier molecular flexibility index (Phi) is 3.59. The predicted octanol–water partition coefficient (Wildman–Crippen LogP) is 2.67. The molecule has 0 fully saturated rings. The Morgan fingerprint density at radius 3 is 2.69 bits per heavy atom. The minimum Gasteiger partial charge on any atom is -0.300 e. The maximum atomic E-state index is 12.4. The second kappa shape index (κ2) is 4.50. The van der Waals surface area contributed by atoms with Crippen LogP contribution in [-0.2, 0) is 11.4 Å². The number of halogens is 3. The molecule has 0 spiro atoms. The van der Waals surface area contributed by atoms with Crippen LogP contribution in [0.2, 0.25) is 5.02 Å². The summed E-state index contributed by atoms with van der Waals surface area (Å²) in [5.41, 5.74) is 0.0969. The van der Waals surface area contributed by atoms with E-state index in [1.54, 1.807) is 6.07 Å². The molecule has 2 N–H and O–H groups in total. The number of alkyl halides is 2. The average molecular weight is 208 g/mol. The molecule has 1 aromatic rings. The van der Waals surface area contributed by atoms with Gasteiger partial charge in [-0.25, -0.2) is 14.7 Å². The molecule has 0 bridgehead atoms. The van der Waals surface area contributed by atoms with E-state index >= 15 is 0 Å². The van der Waals surface area contributed by atoms with Crippen molar-refractivity contribution in [1.82, 2.24) is 0 Å². The molecule has 5 heteroatoms. The Hall–Kier alpha value is -0.710. The van der Waals surface area contributed by atoms with Crippen molar-refractivity contribution in [3.05, 3.63) is 34.3 Å². The summed E-state index contributed by atoms with van der Waals surface area (Å²) in [6.45, 7) is -0.0692. The van der Waals surface area contributed by atoms with Crippen molar-refractivity contribution in [3.8, 4) is 0 Å². The van der Waals surface area contributed by atoms with E-state index < -0.39 is 6.43 Å². The fraction of sp³-hybridized carbons (Fsp3) is 0.250. The first-order valence-electron chi connectivity index (χ1n) is 3.54. The average Bonchev–Trinajstić information content (AvgIpc) is 2.04. The largest absolute Gasteiger partial charge is 0.300 e. The van der Waals surface area contributed by atoms with Crippen molar-refractivity contribution >= 4 is 11.6 Å². The fourth-order valence-corrected chi connectivity index (χ4v) is 1.32. The summed E-state index contributed by atoms with van der Waals surface area (Å²) in [5, 5.41) is 0.0320. The van der Waals surface area contributed by atoms with Crippen molar-refractivity contribution < 1.29 is 13.6 Å². The molecule has 0 unspecified atom stereocenters. The molecular weight excluding hydrogens is 200 g/mol. The second-order valence-electron chi connectivity index (χ2n) is 2.42.